The molecule has 1 N–H and O–H groups in total. The van der Waals surface area contributed by atoms with Gasteiger partial charge in [-0.25, -0.2) is 4.98 Å². The smallest absolute Gasteiger partial charge is 0.147 e. The van der Waals surface area contributed by atoms with Crippen LogP contribution >= 0.6 is 23.2 Å². The topological polar surface area (TPSA) is 28.2 Å². The van der Waals surface area contributed by atoms with Gasteiger partial charge in [-0.1, -0.05) is 35.3 Å². The molecule has 0 saturated heterocycles. The maximum atomic E-state index is 6.36. The standard InChI is InChI=1S/C16H19Cl2N3/c1-11(13-4-6-14(17)7-5-13)21(3)16-15(18)8-12(9-19-2)10-20-16/h4-8,10-11,19H,9H2,1-3H3. The molecule has 0 spiro atoms. The first-order valence-corrected chi connectivity index (χ1v) is 7.56. The van der Waals surface area contributed by atoms with Crippen molar-refractivity contribution >= 4 is 29.0 Å². The van der Waals surface area contributed by atoms with Gasteiger partial charge in [0.25, 0.3) is 0 Å². The first-order valence-electron chi connectivity index (χ1n) is 6.80. The summed E-state index contributed by atoms with van der Waals surface area (Å²) in [6, 6.07) is 9.94. The summed E-state index contributed by atoms with van der Waals surface area (Å²) in [4.78, 5) is 6.55. The van der Waals surface area contributed by atoms with E-state index in [-0.39, 0.29) is 6.04 Å². The molecule has 0 fully saturated rings. The molecule has 21 heavy (non-hydrogen) atoms. The Balaban J connectivity index is 2.22. The molecule has 0 saturated carbocycles. The van der Waals surface area contributed by atoms with E-state index in [4.69, 9.17) is 23.2 Å². The molecule has 112 valence electrons. The van der Waals surface area contributed by atoms with E-state index in [0.717, 1.165) is 22.9 Å². The first-order chi connectivity index (χ1) is 10.0. The molecule has 1 heterocycles. The van der Waals surface area contributed by atoms with Gasteiger partial charge in [0, 0.05) is 24.8 Å². The van der Waals surface area contributed by atoms with Gasteiger partial charge in [0.15, 0.2) is 0 Å². The normalized spacial score (nSPS) is 12.2. The monoisotopic (exact) mass is 323 g/mol. The summed E-state index contributed by atoms with van der Waals surface area (Å²) in [5, 5.41) is 4.48. The first kappa shape index (κ1) is 16.1. The lowest BCUT2D eigenvalue weighted by atomic mass is 10.1. The zero-order valence-electron chi connectivity index (χ0n) is 12.4. The summed E-state index contributed by atoms with van der Waals surface area (Å²) in [5.74, 6) is 0.777. The second-order valence-corrected chi connectivity index (χ2v) is 5.86. The minimum absolute atomic E-state index is 0.155. The fourth-order valence-corrected chi connectivity index (χ4v) is 2.63. The van der Waals surface area contributed by atoms with Crippen LogP contribution in [0, 0.1) is 0 Å². The fourth-order valence-electron chi connectivity index (χ4n) is 2.18. The van der Waals surface area contributed by atoms with Crippen molar-refractivity contribution in [3.8, 4) is 0 Å². The third-order valence-corrected chi connectivity index (χ3v) is 4.06. The third-order valence-electron chi connectivity index (χ3n) is 3.53. The van der Waals surface area contributed by atoms with Gasteiger partial charge < -0.3 is 10.2 Å². The van der Waals surface area contributed by atoms with Gasteiger partial charge in [-0.05, 0) is 43.3 Å². The largest absolute Gasteiger partial charge is 0.352 e. The number of aromatic nitrogens is 1. The molecule has 0 aliphatic rings. The number of hydrogen-bond acceptors (Lipinski definition) is 3. The maximum Gasteiger partial charge on any atom is 0.147 e. The SMILES string of the molecule is CNCc1cnc(N(C)C(C)c2ccc(Cl)cc2)c(Cl)c1. The highest BCUT2D eigenvalue weighted by molar-refractivity contribution is 6.33. The average molecular weight is 324 g/mol. The van der Waals surface area contributed by atoms with E-state index in [2.05, 4.69) is 22.1 Å². The Labute approximate surface area is 135 Å². The highest BCUT2D eigenvalue weighted by Crippen LogP contribution is 2.30. The van der Waals surface area contributed by atoms with Crippen LogP contribution < -0.4 is 10.2 Å². The van der Waals surface area contributed by atoms with E-state index < -0.39 is 0 Å². The maximum absolute atomic E-state index is 6.36. The molecule has 1 unspecified atom stereocenters. The summed E-state index contributed by atoms with van der Waals surface area (Å²) in [7, 11) is 3.89. The van der Waals surface area contributed by atoms with E-state index in [1.54, 1.807) is 0 Å². The van der Waals surface area contributed by atoms with Crippen LogP contribution in [0.5, 0.6) is 0 Å². The molecule has 0 amide bonds. The van der Waals surface area contributed by atoms with Gasteiger partial charge in [0.05, 0.1) is 11.1 Å². The van der Waals surface area contributed by atoms with Crippen LogP contribution in [-0.4, -0.2) is 19.1 Å². The summed E-state index contributed by atoms with van der Waals surface area (Å²) < 4.78 is 0. The number of hydrogen-bond donors (Lipinski definition) is 1. The van der Waals surface area contributed by atoms with Gasteiger partial charge in [-0.15, -0.1) is 0 Å². The lowest BCUT2D eigenvalue weighted by molar-refractivity contribution is 0.727. The third kappa shape index (κ3) is 3.88. The Bertz CT molecular complexity index is 599. The molecule has 2 aromatic rings. The van der Waals surface area contributed by atoms with Crippen molar-refractivity contribution in [1.82, 2.24) is 10.3 Å². The number of anilines is 1. The second kappa shape index (κ2) is 7.12. The molecule has 5 heteroatoms. The van der Waals surface area contributed by atoms with Gasteiger partial charge in [0.2, 0.25) is 0 Å². The molecule has 1 aromatic heterocycles. The van der Waals surface area contributed by atoms with Crippen molar-refractivity contribution in [1.29, 1.82) is 0 Å². The molecule has 0 aliphatic heterocycles. The van der Waals surface area contributed by atoms with Crippen LogP contribution in [0.2, 0.25) is 10.0 Å². The quantitative estimate of drug-likeness (QED) is 0.888. The van der Waals surface area contributed by atoms with Crippen LogP contribution in [0.25, 0.3) is 0 Å². The van der Waals surface area contributed by atoms with Crippen molar-refractivity contribution in [3.05, 3.63) is 57.7 Å². The van der Waals surface area contributed by atoms with Crippen LogP contribution in [-0.2, 0) is 6.54 Å². The van der Waals surface area contributed by atoms with Crippen molar-refractivity contribution in [2.24, 2.45) is 0 Å². The number of halogens is 2. The highest BCUT2D eigenvalue weighted by atomic mass is 35.5. The van der Waals surface area contributed by atoms with Gasteiger partial charge in [-0.2, -0.15) is 0 Å². The van der Waals surface area contributed by atoms with E-state index in [9.17, 15) is 0 Å². The van der Waals surface area contributed by atoms with E-state index >= 15 is 0 Å². The van der Waals surface area contributed by atoms with Crippen LogP contribution in [0.4, 0.5) is 5.82 Å². The molecule has 0 radical (unpaired) electrons. The fraction of sp³-hybridized carbons (Fsp3) is 0.312. The Morgan fingerprint density at radius 3 is 2.48 bits per heavy atom. The molecular formula is C16H19Cl2N3. The Kier molecular flexibility index (Phi) is 5.45. The summed E-state index contributed by atoms with van der Waals surface area (Å²) in [5.41, 5.74) is 2.23. The lowest BCUT2D eigenvalue weighted by Crippen LogP contribution is -2.23. The van der Waals surface area contributed by atoms with Crippen molar-refractivity contribution < 1.29 is 0 Å². The molecule has 3 nitrogen and oxygen atoms in total. The molecule has 0 aliphatic carbocycles. The van der Waals surface area contributed by atoms with Crippen molar-refractivity contribution in [3.63, 3.8) is 0 Å². The Morgan fingerprint density at radius 1 is 1.24 bits per heavy atom. The average Bonchev–Trinajstić information content (AvgIpc) is 2.47. The van der Waals surface area contributed by atoms with E-state index in [1.807, 2.05) is 50.6 Å². The van der Waals surface area contributed by atoms with E-state index in [1.165, 1.54) is 5.56 Å². The van der Waals surface area contributed by atoms with Crippen molar-refractivity contribution in [2.75, 3.05) is 19.0 Å². The molecule has 1 atom stereocenters. The van der Waals surface area contributed by atoms with Crippen LogP contribution in [0.3, 0.4) is 0 Å². The zero-order valence-corrected chi connectivity index (χ0v) is 13.9. The Hall–Kier alpha value is -1.29. The molecule has 2 rings (SSSR count). The number of nitrogens with zero attached hydrogens (tertiary/aromatic N) is 2. The number of rotatable bonds is 5. The van der Waals surface area contributed by atoms with Crippen LogP contribution in [0.1, 0.15) is 24.1 Å². The predicted octanol–water partition coefficient (Wildman–Crippen LogP) is 4.31. The lowest BCUT2D eigenvalue weighted by Gasteiger charge is -2.27. The summed E-state index contributed by atoms with van der Waals surface area (Å²) in [6.45, 7) is 2.87. The second-order valence-electron chi connectivity index (χ2n) is 5.02. The zero-order chi connectivity index (χ0) is 15.4. The molecular weight excluding hydrogens is 305 g/mol. The highest BCUT2D eigenvalue weighted by Gasteiger charge is 2.16. The summed E-state index contributed by atoms with van der Waals surface area (Å²) >= 11 is 12.3. The minimum Gasteiger partial charge on any atom is -0.352 e. The minimum atomic E-state index is 0.155. The summed E-state index contributed by atoms with van der Waals surface area (Å²) in [6.07, 6.45) is 1.85. The number of nitrogens with one attached hydrogen (secondary N) is 1. The van der Waals surface area contributed by atoms with Gasteiger partial charge in [-0.3, -0.25) is 0 Å². The van der Waals surface area contributed by atoms with Gasteiger partial charge in [0.1, 0.15) is 5.82 Å². The predicted molar refractivity (Wildman–Crippen MR) is 90.3 cm³/mol. The Morgan fingerprint density at radius 2 is 1.90 bits per heavy atom. The van der Waals surface area contributed by atoms with Crippen LogP contribution in [0.15, 0.2) is 36.5 Å². The van der Waals surface area contributed by atoms with Crippen molar-refractivity contribution in [2.45, 2.75) is 19.5 Å². The molecule has 1 aromatic carbocycles. The van der Waals surface area contributed by atoms with Gasteiger partial charge >= 0.3 is 0 Å². The number of benzene rings is 1. The van der Waals surface area contributed by atoms with E-state index in [0.29, 0.717) is 5.02 Å². The molecule has 0 bridgehead atoms. The number of pyridine rings is 1.